The van der Waals surface area contributed by atoms with Crippen LogP contribution < -0.4 is 0 Å². The molecule has 1 aliphatic carbocycles. The summed E-state index contributed by atoms with van der Waals surface area (Å²) in [7, 11) is 0. The molecule has 1 atom stereocenters. The largest absolute Gasteiger partial charge is 0.481 e. The highest BCUT2D eigenvalue weighted by molar-refractivity contribution is 9.10. The summed E-state index contributed by atoms with van der Waals surface area (Å²) < 4.78 is 1.04. The van der Waals surface area contributed by atoms with Crippen LogP contribution in [0.5, 0.6) is 0 Å². The zero-order valence-corrected chi connectivity index (χ0v) is 15.3. The number of benzene rings is 2. The fourth-order valence-corrected chi connectivity index (χ4v) is 3.25. The van der Waals surface area contributed by atoms with E-state index in [1.54, 1.807) is 0 Å². The summed E-state index contributed by atoms with van der Waals surface area (Å²) in [5.74, 6) is -1.27. The van der Waals surface area contributed by atoms with Gasteiger partial charge in [0.15, 0.2) is 0 Å². The predicted molar refractivity (Wildman–Crippen MR) is 105 cm³/mol. The first-order valence-corrected chi connectivity index (χ1v) is 9.01. The molecule has 3 rings (SSSR count). The van der Waals surface area contributed by atoms with Crippen molar-refractivity contribution >= 4 is 28.0 Å². The van der Waals surface area contributed by atoms with Gasteiger partial charge in [-0.1, -0.05) is 88.3 Å². The third kappa shape index (κ3) is 4.80. The highest BCUT2D eigenvalue weighted by Crippen LogP contribution is 2.29. The molecular weight excluding hydrogens is 376 g/mol. The molecule has 0 saturated heterocycles. The van der Waals surface area contributed by atoms with E-state index in [1.807, 2.05) is 72.8 Å². The van der Waals surface area contributed by atoms with Gasteiger partial charge < -0.3 is 5.11 Å². The standard InChI is InChI=1S/C22H19BrO2/c23-20-11-9-17(10-12-20)13-18-7-4-8-19(14-18)21(22(24)25)15-16-5-2-1-3-6-16/h1-13,21H,14-15H2,(H,24,25). The van der Waals surface area contributed by atoms with Crippen LogP contribution >= 0.6 is 15.9 Å². The van der Waals surface area contributed by atoms with Gasteiger partial charge in [0.1, 0.15) is 0 Å². The molecule has 2 nitrogen and oxygen atoms in total. The Bertz CT molecular complexity index is 830. The lowest BCUT2D eigenvalue weighted by molar-refractivity contribution is -0.140. The number of carbonyl (C=O) groups is 1. The Kier molecular flexibility index (Phi) is 5.67. The number of aliphatic carboxylic acids is 1. The normalized spacial score (nSPS) is 16.5. The number of hydrogen-bond donors (Lipinski definition) is 1. The minimum atomic E-state index is -0.770. The molecule has 0 aliphatic heterocycles. The maximum Gasteiger partial charge on any atom is 0.310 e. The molecule has 0 fully saturated rings. The van der Waals surface area contributed by atoms with Gasteiger partial charge in [0, 0.05) is 4.47 Å². The number of carboxylic acid groups (broad SMARTS) is 1. The van der Waals surface area contributed by atoms with Gasteiger partial charge in [-0.05, 0) is 41.7 Å². The zero-order chi connectivity index (χ0) is 17.6. The van der Waals surface area contributed by atoms with E-state index in [0.29, 0.717) is 12.8 Å². The summed E-state index contributed by atoms with van der Waals surface area (Å²) in [5, 5.41) is 9.70. The van der Waals surface area contributed by atoms with E-state index in [0.717, 1.165) is 26.7 Å². The van der Waals surface area contributed by atoms with Crippen LogP contribution in [0.3, 0.4) is 0 Å². The Hall–Kier alpha value is -2.39. The van der Waals surface area contributed by atoms with Crippen LogP contribution in [0.2, 0.25) is 0 Å². The molecule has 2 aromatic rings. The third-order valence-corrected chi connectivity index (χ3v) is 4.81. The molecule has 0 heterocycles. The average Bonchev–Trinajstić information content (AvgIpc) is 2.62. The molecular formula is C22H19BrO2. The van der Waals surface area contributed by atoms with E-state index in [4.69, 9.17) is 0 Å². The predicted octanol–water partition coefficient (Wildman–Crippen LogP) is 5.66. The van der Waals surface area contributed by atoms with Crippen LogP contribution in [0.1, 0.15) is 17.5 Å². The van der Waals surface area contributed by atoms with Gasteiger partial charge in [-0.25, -0.2) is 0 Å². The molecule has 0 radical (unpaired) electrons. The van der Waals surface area contributed by atoms with E-state index in [-0.39, 0.29) is 0 Å². The molecule has 3 heteroatoms. The van der Waals surface area contributed by atoms with Gasteiger partial charge >= 0.3 is 5.97 Å². The van der Waals surface area contributed by atoms with Gasteiger partial charge in [-0.15, -0.1) is 0 Å². The minimum absolute atomic E-state index is 0.499. The average molecular weight is 395 g/mol. The highest BCUT2D eigenvalue weighted by atomic mass is 79.9. The number of rotatable bonds is 5. The lowest BCUT2D eigenvalue weighted by atomic mass is 9.85. The Labute approximate surface area is 156 Å². The molecule has 0 amide bonds. The van der Waals surface area contributed by atoms with Crippen LogP contribution in [-0.2, 0) is 11.2 Å². The summed E-state index contributed by atoms with van der Waals surface area (Å²) in [6.07, 6.45) is 9.23. The van der Waals surface area contributed by atoms with Crippen molar-refractivity contribution < 1.29 is 9.90 Å². The Morgan fingerprint density at radius 3 is 2.52 bits per heavy atom. The van der Waals surface area contributed by atoms with Crippen molar-refractivity contribution in [1.29, 1.82) is 0 Å². The van der Waals surface area contributed by atoms with Crippen LogP contribution in [0.4, 0.5) is 0 Å². The van der Waals surface area contributed by atoms with Gasteiger partial charge in [-0.3, -0.25) is 4.79 Å². The Balaban J connectivity index is 1.79. The van der Waals surface area contributed by atoms with Crippen molar-refractivity contribution in [2.45, 2.75) is 12.8 Å². The summed E-state index contributed by atoms with van der Waals surface area (Å²) in [4.78, 5) is 11.8. The van der Waals surface area contributed by atoms with Crippen molar-refractivity contribution in [3.05, 3.63) is 99.6 Å². The summed E-state index contributed by atoms with van der Waals surface area (Å²) in [6.45, 7) is 0. The molecule has 0 saturated carbocycles. The van der Waals surface area contributed by atoms with Crippen molar-refractivity contribution in [2.24, 2.45) is 5.92 Å². The second-order valence-electron chi connectivity index (χ2n) is 6.13. The first-order valence-electron chi connectivity index (χ1n) is 8.22. The van der Waals surface area contributed by atoms with Crippen LogP contribution in [0.15, 0.2) is 88.4 Å². The van der Waals surface area contributed by atoms with Gasteiger partial charge in [-0.2, -0.15) is 0 Å². The highest BCUT2D eigenvalue weighted by Gasteiger charge is 2.23. The second kappa shape index (κ2) is 8.13. The smallest absolute Gasteiger partial charge is 0.310 e. The van der Waals surface area contributed by atoms with E-state index >= 15 is 0 Å². The zero-order valence-electron chi connectivity index (χ0n) is 13.7. The maximum absolute atomic E-state index is 11.8. The van der Waals surface area contributed by atoms with E-state index in [2.05, 4.69) is 22.0 Å². The van der Waals surface area contributed by atoms with Crippen LogP contribution in [0.25, 0.3) is 6.08 Å². The molecule has 0 aromatic heterocycles. The van der Waals surface area contributed by atoms with Gasteiger partial charge in [0.05, 0.1) is 5.92 Å². The molecule has 25 heavy (non-hydrogen) atoms. The first kappa shape index (κ1) is 17.4. The first-order chi connectivity index (χ1) is 12.1. The van der Waals surface area contributed by atoms with Crippen molar-refractivity contribution in [3.8, 4) is 0 Å². The molecule has 0 bridgehead atoms. The quantitative estimate of drug-likeness (QED) is 0.709. The number of carboxylic acids is 1. The summed E-state index contributed by atoms with van der Waals surface area (Å²) >= 11 is 3.44. The minimum Gasteiger partial charge on any atom is -0.481 e. The summed E-state index contributed by atoms with van der Waals surface area (Å²) in [5.41, 5.74) is 4.23. The molecule has 1 N–H and O–H groups in total. The summed E-state index contributed by atoms with van der Waals surface area (Å²) in [6, 6.07) is 17.9. The molecule has 2 aromatic carbocycles. The monoisotopic (exact) mass is 394 g/mol. The second-order valence-corrected chi connectivity index (χ2v) is 7.04. The SMILES string of the molecule is O=C(O)C(Cc1ccccc1)C1=CC=CC(=Cc2ccc(Br)cc2)C1. The lowest BCUT2D eigenvalue weighted by Gasteiger charge is -2.19. The van der Waals surface area contributed by atoms with Crippen molar-refractivity contribution in [3.63, 3.8) is 0 Å². The Morgan fingerprint density at radius 2 is 1.84 bits per heavy atom. The van der Waals surface area contributed by atoms with Crippen LogP contribution in [0, 0.1) is 5.92 Å². The van der Waals surface area contributed by atoms with E-state index in [1.165, 1.54) is 0 Å². The number of halogens is 1. The van der Waals surface area contributed by atoms with E-state index in [9.17, 15) is 9.90 Å². The topological polar surface area (TPSA) is 37.3 Å². The van der Waals surface area contributed by atoms with Crippen LogP contribution in [-0.4, -0.2) is 11.1 Å². The fraction of sp³-hybridized carbons (Fsp3) is 0.136. The van der Waals surface area contributed by atoms with E-state index < -0.39 is 11.9 Å². The molecule has 126 valence electrons. The fourth-order valence-electron chi connectivity index (χ4n) is 2.99. The van der Waals surface area contributed by atoms with Crippen molar-refractivity contribution in [2.75, 3.05) is 0 Å². The lowest BCUT2D eigenvalue weighted by Crippen LogP contribution is -2.20. The maximum atomic E-state index is 11.8. The Morgan fingerprint density at radius 1 is 1.12 bits per heavy atom. The van der Waals surface area contributed by atoms with Gasteiger partial charge in [0.25, 0.3) is 0 Å². The molecule has 1 aliphatic rings. The van der Waals surface area contributed by atoms with Gasteiger partial charge in [0.2, 0.25) is 0 Å². The molecule has 0 spiro atoms. The third-order valence-electron chi connectivity index (χ3n) is 4.28. The number of allylic oxidation sites excluding steroid dienone is 4. The van der Waals surface area contributed by atoms with Crippen molar-refractivity contribution in [1.82, 2.24) is 0 Å². The number of hydrogen-bond acceptors (Lipinski definition) is 1. The molecule has 1 unspecified atom stereocenters.